The van der Waals surface area contributed by atoms with Crippen LogP contribution in [0, 0.1) is 12.7 Å². The molecule has 140 valence electrons. The zero-order chi connectivity index (χ0) is 19.1. The summed E-state index contributed by atoms with van der Waals surface area (Å²) >= 11 is 0. The molecule has 0 spiro atoms. The highest BCUT2D eigenvalue weighted by Gasteiger charge is 2.20. The summed E-state index contributed by atoms with van der Waals surface area (Å²) in [6.07, 6.45) is 7.46. The van der Waals surface area contributed by atoms with E-state index in [2.05, 4.69) is 25.4 Å². The third kappa shape index (κ3) is 2.65. The van der Waals surface area contributed by atoms with Gasteiger partial charge in [-0.25, -0.2) is 14.4 Å². The first kappa shape index (κ1) is 16.6. The van der Waals surface area contributed by atoms with Gasteiger partial charge in [0.05, 0.1) is 6.61 Å². The number of nitrogens with one attached hydrogen (secondary N) is 1. The molecule has 0 radical (unpaired) electrons. The second-order valence-corrected chi connectivity index (χ2v) is 6.64. The zero-order valence-electron chi connectivity index (χ0n) is 15.2. The lowest BCUT2D eigenvalue weighted by atomic mass is 10.0. The van der Waals surface area contributed by atoms with Gasteiger partial charge in [0.2, 0.25) is 5.95 Å². The summed E-state index contributed by atoms with van der Waals surface area (Å²) in [6, 6.07) is 5.06. The van der Waals surface area contributed by atoms with Gasteiger partial charge in [-0.05, 0) is 30.7 Å². The zero-order valence-corrected chi connectivity index (χ0v) is 15.2. The number of fused-ring (bicyclic) bond motifs is 2. The number of anilines is 1. The van der Waals surface area contributed by atoms with E-state index in [1.54, 1.807) is 29.2 Å². The van der Waals surface area contributed by atoms with Crippen LogP contribution in [0.4, 0.5) is 10.3 Å². The lowest BCUT2D eigenvalue weighted by Crippen LogP contribution is -2.10. The monoisotopic (exact) mass is 376 g/mol. The van der Waals surface area contributed by atoms with Crippen molar-refractivity contribution in [1.82, 2.24) is 24.6 Å². The van der Waals surface area contributed by atoms with Crippen LogP contribution in [0.15, 0.2) is 43.1 Å². The smallest absolute Gasteiger partial charge is 0.226 e. The van der Waals surface area contributed by atoms with Crippen molar-refractivity contribution in [3.63, 3.8) is 0 Å². The van der Waals surface area contributed by atoms with Crippen molar-refractivity contribution in [2.45, 2.75) is 19.9 Å². The van der Waals surface area contributed by atoms with Gasteiger partial charge in [0.1, 0.15) is 17.9 Å². The Labute approximate surface area is 160 Å². The van der Waals surface area contributed by atoms with Gasteiger partial charge in [-0.1, -0.05) is 0 Å². The van der Waals surface area contributed by atoms with Gasteiger partial charge in [-0.15, -0.1) is 0 Å². The third-order valence-corrected chi connectivity index (χ3v) is 5.00. The van der Waals surface area contributed by atoms with E-state index in [-0.39, 0.29) is 12.4 Å². The summed E-state index contributed by atoms with van der Waals surface area (Å²) in [5, 5.41) is 7.48. The minimum absolute atomic E-state index is 0.255. The highest BCUT2D eigenvalue weighted by Crippen LogP contribution is 2.31. The largest absolute Gasteiger partial charge is 0.493 e. The van der Waals surface area contributed by atoms with Crippen LogP contribution in [-0.4, -0.2) is 31.2 Å². The first-order valence-corrected chi connectivity index (χ1v) is 8.99. The average molecular weight is 376 g/mol. The molecule has 0 fully saturated rings. The highest BCUT2D eigenvalue weighted by atomic mass is 19.1. The maximum atomic E-state index is 14.4. The molecule has 28 heavy (non-hydrogen) atoms. The number of benzene rings is 1. The molecule has 8 heteroatoms. The van der Waals surface area contributed by atoms with Crippen molar-refractivity contribution in [2.24, 2.45) is 0 Å². The van der Waals surface area contributed by atoms with Gasteiger partial charge in [0, 0.05) is 53.8 Å². The normalized spacial score (nSPS) is 12.8. The molecule has 0 bridgehead atoms. The van der Waals surface area contributed by atoms with Gasteiger partial charge < -0.3 is 10.1 Å². The molecule has 1 aliphatic heterocycles. The quantitative estimate of drug-likeness (QED) is 0.589. The standard InChI is InChI=1S/C20H17FN6O/c1-12-4-6-22-8-14(12)16-10-24-20(27-19(16)25-11-26-27)23-9-15-13-5-7-28-18(13)3-2-17(15)21/h2-4,6,8,10-11H,5,7,9H2,1H3,(H,23,24). The Kier molecular flexibility index (Phi) is 3.89. The van der Waals surface area contributed by atoms with Gasteiger partial charge in [0.15, 0.2) is 5.65 Å². The average Bonchev–Trinajstić information content (AvgIpc) is 3.37. The molecule has 3 aromatic heterocycles. The number of ether oxygens (including phenoxy) is 1. The van der Waals surface area contributed by atoms with Crippen molar-refractivity contribution >= 4 is 11.6 Å². The van der Waals surface area contributed by atoms with Crippen molar-refractivity contribution in [3.8, 4) is 16.9 Å². The second kappa shape index (κ2) is 6.56. The molecule has 0 saturated carbocycles. The molecule has 0 aliphatic carbocycles. The van der Waals surface area contributed by atoms with E-state index >= 15 is 0 Å². The molecule has 1 N–H and O–H groups in total. The third-order valence-electron chi connectivity index (χ3n) is 5.00. The van der Waals surface area contributed by atoms with E-state index in [0.29, 0.717) is 30.2 Å². The Hall–Kier alpha value is -3.55. The summed E-state index contributed by atoms with van der Waals surface area (Å²) in [4.78, 5) is 13.1. The Morgan fingerprint density at radius 3 is 3.00 bits per heavy atom. The lowest BCUT2D eigenvalue weighted by Gasteiger charge is -2.12. The molecule has 0 saturated heterocycles. The Balaban J connectivity index is 1.51. The van der Waals surface area contributed by atoms with Crippen LogP contribution < -0.4 is 10.1 Å². The molecule has 1 aromatic carbocycles. The molecule has 0 unspecified atom stereocenters. The maximum absolute atomic E-state index is 14.4. The van der Waals surface area contributed by atoms with Crippen LogP contribution in [-0.2, 0) is 13.0 Å². The Bertz CT molecular complexity index is 1190. The molecule has 7 nitrogen and oxygen atoms in total. The molecular formula is C20H17FN6O. The second-order valence-electron chi connectivity index (χ2n) is 6.64. The Morgan fingerprint density at radius 1 is 1.18 bits per heavy atom. The van der Waals surface area contributed by atoms with Gasteiger partial charge in [-0.2, -0.15) is 9.61 Å². The fourth-order valence-electron chi connectivity index (χ4n) is 3.55. The van der Waals surface area contributed by atoms with Crippen molar-refractivity contribution in [1.29, 1.82) is 0 Å². The van der Waals surface area contributed by atoms with Crippen LogP contribution in [0.1, 0.15) is 16.7 Å². The van der Waals surface area contributed by atoms with E-state index in [0.717, 1.165) is 28.0 Å². The molecule has 4 aromatic rings. The van der Waals surface area contributed by atoms with E-state index in [1.807, 2.05) is 13.0 Å². The first-order chi connectivity index (χ1) is 13.7. The highest BCUT2D eigenvalue weighted by molar-refractivity contribution is 5.78. The number of pyridine rings is 1. The van der Waals surface area contributed by atoms with E-state index in [4.69, 9.17) is 4.74 Å². The van der Waals surface area contributed by atoms with E-state index in [9.17, 15) is 4.39 Å². The minimum Gasteiger partial charge on any atom is -0.493 e. The van der Waals surface area contributed by atoms with Crippen LogP contribution >= 0.6 is 0 Å². The summed E-state index contributed by atoms with van der Waals surface area (Å²) in [5.41, 5.74) is 5.03. The van der Waals surface area contributed by atoms with Gasteiger partial charge >= 0.3 is 0 Å². The number of nitrogens with zero attached hydrogens (tertiary/aromatic N) is 5. The van der Waals surface area contributed by atoms with E-state index in [1.165, 1.54) is 12.4 Å². The van der Waals surface area contributed by atoms with E-state index < -0.39 is 0 Å². The van der Waals surface area contributed by atoms with Crippen LogP contribution in [0.5, 0.6) is 5.75 Å². The molecule has 0 atom stereocenters. The minimum atomic E-state index is -0.255. The Morgan fingerprint density at radius 2 is 2.11 bits per heavy atom. The fraction of sp³-hybridized carbons (Fsp3) is 0.200. The number of halogens is 1. The number of aromatic nitrogens is 5. The van der Waals surface area contributed by atoms with Crippen LogP contribution in [0.25, 0.3) is 16.8 Å². The first-order valence-electron chi connectivity index (χ1n) is 8.99. The molecular weight excluding hydrogens is 359 g/mol. The van der Waals surface area contributed by atoms with Gasteiger partial charge in [-0.3, -0.25) is 4.98 Å². The molecule has 5 rings (SSSR count). The topological polar surface area (TPSA) is 77.2 Å². The predicted octanol–water partition coefficient (Wildman–Crippen LogP) is 3.18. The van der Waals surface area contributed by atoms with Crippen molar-refractivity contribution < 1.29 is 9.13 Å². The number of hydrogen-bond acceptors (Lipinski definition) is 6. The lowest BCUT2D eigenvalue weighted by molar-refractivity contribution is 0.356. The fourth-order valence-corrected chi connectivity index (χ4v) is 3.55. The molecule has 0 amide bonds. The number of aryl methyl sites for hydroxylation is 1. The maximum Gasteiger partial charge on any atom is 0.226 e. The summed E-state index contributed by atoms with van der Waals surface area (Å²) in [7, 11) is 0. The number of rotatable bonds is 4. The van der Waals surface area contributed by atoms with Crippen molar-refractivity contribution in [3.05, 3.63) is 65.6 Å². The predicted molar refractivity (Wildman–Crippen MR) is 102 cm³/mol. The SMILES string of the molecule is Cc1ccncc1-c1cnc(NCc2c(F)ccc3c2CCO3)n2ncnc12. The summed E-state index contributed by atoms with van der Waals surface area (Å²) in [5.74, 6) is 0.988. The van der Waals surface area contributed by atoms with Gasteiger partial charge in [0.25, 0.3) is 0 Å². The summed E-state index contributed by atoms with van der Waals surface area (Å²) in [6.45, 7) is 2.87. The summed E-state index contributed by atoms with van der Waals surface area (Å²) < 4.78 is 21.5. The number of hydrogen-bond donors (Lipinski definition) is 1. The van der Waals surface area contributed by atoms with Crippen LogP contribution in [0.3, 0.4) is 0 Å². The molecule has 1 aliphatic rings. The van der Waals surface area contributed by atoms with Crippen LogP contribution in [0.2, 0.25) is 0 Å². The molecule has 4 heterocycles. The van der Waals surface area contributed by atoms with Crippen molar-refractivity contribution in [2.75, 3.05) is 11.9 Å².